The molecule has 0 aliphatic carbocycles. The van der Waals surface area contributed by atoms with Gasteiger partial charge in [0, 0.05) is 17.9 Å². The van der Waals surface area contributed by atoms with Crippen molar-refractivity contribution in [1.29, 1.82) is 0 Å². The third kappa shape index (κ3) is 3.63. The largest absolute Gasteiger partial charge is 0.328 e. The number of rotatable bonds is 5. The highest BCUT2D eigenvalue weighted by Gasteiger charge is 2.41. The Morgan fingerprint density at radius 2 is 1.36 bits per heavy atom. The first-order valence-corrected chi connectivity index (χ1v) is 7.85. The number of carbonyl (C=O) groups is 4. The Labute approximate surface area is 144 Å². The molecule has 126 valence electrons. The van der Waals surface area contributed by atoms with Crippen LogP contribution in [0.1, 0.15) is 28.3 Å². The molecule has 6 nitrogen and oxygen atoms in total. The number of nitrogens with one attached hydrogen (secondary N) is 2. The molecule has 0 saturated carbocycles. The van der Waals surface area contributed by atoms with E-state index < -0.39 is 29.7 Å². The van der Waals surface area contributed by atoms with Crippen LogP contribution in [0, 0.1) is 5.92 Å². The number of barbiturate groups is 1. The summed E-state index contributed by atoms with van der Waals surface area (Å²) in [7, 11) is 0. The van der Waals surface area contributed by atoms with Gasteiger partial charge < -0.3 is 0 Å². The van der Waals surface area contributed by atoms with E-state index in [-0.39, 0.29) is 12.2 Å². The highest BCUT2D eigenvalue weighted by Crippen LogP contribution is 2.31. The van der Waals surface area contributed by atoms with Gasteiger partial charge in [0.15, 0.2) is 5.78 Å². The van der Waals surface area contributed by atoms with Gasteiger partial charge in [-0.2, -0.15) is 0 Å². The first-order chi connectivity index (χ1) is 12.1. The molecule has 1 aliphatic rings. The van der Waals surface area contributed by atoms with E-state index in [1.807, 2.05) is 6.07 Å². The molecule has 1 fully saturated rings. The van der Waals surface area contributed by atoms with E-state index in [1.165, 1.54) is 0 Å². The lowest BCUT2D eigenvalue weighted by molar-refractivity contribution is -0.136. The van der Waals surface area contributed by atoms with Crippen molar-refractivity contribution in [1.82, 2.24) is 10.6 Å². The third-order valence-corrected chi connectivity index (χ3v) is 4.17. The summed E-state index contributed by atoms with van der Waals surface area (Å²) in [6.07, 6.45) is -0.0201. The topological polar surface area (TPSA) is 92.3 Å². The number of hydrogen-bond donors (Lipinski definition) is 2. The Morgan fingerprint density at radius 3 is 1.92 bits per heavy atom. The van der Waals surface area contributed by atoms with Crippen LogP contribution >= 0.6 is 0 Å². The quantitative estimate of drug-likeness (QED) is 0.645. The van der Waals surface area contributed by atoms with Crippen LogP contribution in [0.3, 0.4) is 0 Å². The molecule has 3 rings (SSSR count). The van der Waals surface area contributed by atoms with Gasteiger partial charge in [-0.15, -0.1) is 0 Å². The van der Waals surface area contributed by atoms with E-state index in [9.17, 15) is 19.2 Å². The van der Waals surface area contributed by atoms with Gasteiger partial charge in [-0.3, -0.25) is 25.0 Å². The Balaban J connectivity index is 1.93. The second kappa shape index (κ2) is 7.09. The summed E-state index contributed by atoms with van der Waals surface area (Å²) >= 11 is 0. The predicted octanol–water partition coefficient (Wildman–Crippen LogP) is 2.03. The molecular weight excluding hydrogens is 320 g/mol. The molecule has 0 radical (unpaired) electrons. The standard InChI is InChI=1S/C19H16N2O4/c22-15(13-9-5-2-6-10-13)11-14(12-7-3-1-4-8-12)16-17(23)20-19(25)21-18(16)24/h1-10,14,16H,11H2,(H2,20,21,23,24,25)/t14-/m1/s1. The average molecular weight is 336 g/mol. The molecular formula is C19H16N2O4. The van der Waals surface area contributed by atoms with Crippen LogP contribution in [0.4, 0.5) is 4.79 Å². The fourth-order valence-electron chi connectivity index (χ4n) is 2.97. The van der Waals surface area contributed by atoms with E-state index in [1.54, 1.807) is 54.6 Å². The van der Waals surface area contributed by atoms with Crippen LogP contribution in [0.25, 0.3) is 0 Å². The molecule has 2 N–H and O–H groups in total. The van der Waals surface area contributed by atoms with Crippen LogP contribution in [0.15, 0.2) is 60.7 Å². The number of ketones is 1. The van der Waals surface area contributed by atoms with Crippen LogP contribution in [-0.2, 0) is 9.59 Å². The molecule has 0 bridgehead atoms. The summed E-state index contributed by atoms with van der Waals surface area (Å²) in [5.74, 6) is -3.37. The van der Waals surface area contributed by atoms with Crippen molar-refractivity contribution in [3.63, 3.8) is 0 Å². The minimum atomic E-state index is -1.15. The second-order valence-electron chi connectivity index (χ2n) is 5.80. The predicted molar refractivity (Wildman–Crippen MR) is 89.7 cm³/mol. The molecule has 0 aromatic heterocycles. The molecule has 2 aromatic carbocycles. The Bertz CT molecular complexity index is 798. The van der Waals surface area contributed by atoms with E-state index >= 15 is 0 Å². The monoisotopic (exact) mass is 336 g/mol. The maximum absolute atomic E-state index is 12.6. The normalized spacial score (nSPS) is 16.1. The fourth-order valence-corrected chi connectivity index (χ4v) is 2.97. The molecule has 6 heteroatoms. The van der Waals surface area contributed by atoms with Crippen molar-refractivity contribution >= 4 is 23.6 Å². The molecule has 4 amide bonds. The Morgan fingerprint density at radius 1 is 0.840 bits per heavy atom. The van der Waals surface area contributed by atoms with Crippen molar-refractivity contribution in [2.45, 2.75) is 12.3 Å². The molecule has 1 heterocycles. The van der Waals surface area contributed by atoms with Crippen molar-refractivity contribution < 1.29 is 19.2 Å². The summed E-state index contributed by atoms with van der Waals surface area (Å²) in [5, 5.41) is 4.20. The molecule has 1 atom stereocenters. The lowest BCUT2D eigenvalue weighted by atomic mass is 9.79. The van der Waals surface area contributed by atoms with E-state index in [0.717, 1.165) is 0 Å². The summed E-state index contributed by atoms with van der Waals surface area (Å²) in [4.78, 5) is 48.4. The van der Waals surface area contributed by atoms with Crippen molar-refractivity contribution in [3.05, 3.63) is 71.8 Å². The number of urea groups is 1. The van der Waals surface area contributed by atoms with Gasteiger partial charge >= 0.3 is 6.03 Å². The third-order valence-electron chi connectivity index (χ3n) is 4.17. The summed E-state index contributed by atoms with van der Waals surface area (Å²) in [6, 6.07) is 16.7. The summed E-state index contributed by atoms with van der Waals surface area (Å²) < 4.78 is 0. The smallest absolute Gasteiger partial charge is 0.294 e. The lowest BCUT2D eigenvalue weighted by Crippen LogP contribution is -2.57. The maximum atomic E-state index is 12.6. The number of amides is 4. The molecule has 1 saturated heterocycles. The summed E-state index contributed by atoms with van der Waals surface area (Å²) in [6.45, 7) is 0. The van der Waals surface area contributed by atoms with Crippen LogP contribution < -0.4 is 10.6 Å². The SMILES string of the molecule is O=C1NC(=O)C([C@H](CC(=O)c2ccccc2)c2ccccc2)C(=O)N1. The maximum Gasteiger partial charge on any atom is 0.328 e. The molecule has 2 aromatic rings. The van der Waals surface area contributed by atoms with Crippen molar-refractivity contribution in [2.24, 2.45) is 5.92 Å². The highest BCUT2D eigenvalue weighted by molar-refractivity contribution is 6.17. The number of carbonyl (C=O) groups excluding carboxylic acids is 4. The lowest BCUT2D eigenvalue weighted by Gasteiger charge is -2.28. The highest BCUT2D eigenvalue weighted by atomic mass is 16.2. The van der Waals surface area contributed by atoms with Gasteiger partial charge in [0.05, 0.1) is 0 Å². The average Bonchev–Trinajstić information content (AvgIpc) is 2.61. The van der Waals surface area contributed by atoms with E-state index in [2.05, 4.69) is 10.6 Å². The number of Topliss-reactive ketones (excluding diaryl/α,β-unsaturated/α-hetero) is 1. The number of benzene rings is 2. The van der Waals surface area contributed by atoms with Gasteiger partial charge in [0.1, 0.15) is 5.92 Å². The first-order valence-electron chi connectivity index (χ1n) is 7.85. The zero-order valence-corrected chi connectivity index (χ0v) is 13.3. The van der Waals surface area contributed by atoms with Crippen molar-refractivity contribution in [3.8, 4) is 0 Å². The minimum Gasteiger partial charge on any atom is -0.294 e. The Hall–Kier alpha value is -3.28. The molecule has 0 spiro atoms. The number of hydrogen-bond acceptors (Lipinski definition) is 4. The molecule has 25 heavy (non-hydrogen) atoms. The molecule has 1 aliphatic heterocycles. The minimum absolute atomic E-state index is 0.0201. The van der Waals surface area contributed by atoms with Gasteiger partial charge in [0.25, 0.3) is 0 Å². The summed E-state index contributed by atoms with van der Waals surface area (Å²) in [5.41, 5.74) is 1.20. The van der Waals surface area contributed by atoms with Crippen molar-refractivity contribution in [2.75, 3.05) is 0 Å². The Kier molecular flexibility index (Phi) is 4.70. The van der Waals surface area contributed by atoms with Gasteiger partial charge in [-0.25, -0.2) is 4.79 Å². The molecule has 0 unspecified atom stereocenters. The van der Waals surface area contributed by atoms with E-state index in [4.69, 9.17) is 0 Å². The fraction of sp³-hybridized carbons (Fsp3) is 0.158. The van der Waals surface area contributed by atoms with Gasteiger partial charge in [0.2, 0.25) is 11.8 Å². The zero-order chi connectivity index (χ0) is 17.8. The van der Waals surface area contributed by atoms with Crippen LogP contribution in [-0.4, -0.2) is 23.6 Å². The van der Waals surface area contributed by atoms with E-state index in [0.29, 0.717) is 11.1 Å². The second-order valence-corrected chi connectivity index (χ2v) is 5.80. The first kappa shape index (κ1) is 16.6. The zero-order valence-electron chi connectivity index (χ0n) is 13.3. The van der Waals surface area contributed by atoms with Gasteiger partial charge in [-0.05, 0) is 5.56 Å². The van der Waals surface area contributed by atoms with Gasteiger partial charge in [-0.1, -0.05) is 60.7 Å². The van der Waals surface area contributed by atoms with Crippen LogP contribution in [0.2, 0.25) is 0 Å². The number of imide groups is 2. The van der Waals surface area contributed by atoms with Crippen LogP contribution in [0.5, 0.6) is 0 Å².